The molecule has 76 valence electrons. The van der Waals surface area contributed by atoms with Crippen molar-refractivity contribution < 1.29 is 14.3 Å². The first-order valence-corrected chi connectivity index (χ1v) is 3.99. The molecule has 0 aliphatic rings. The number of primary amides is 1. The summed E-state index contributed by atoms with van der Waals surface area (Å²) in [5, 5.41) is 2.47. The summed E-state index contributed by atoms with van der Waals surface area (Å²) in [6, 6.07) is 0. The molecule has 0 saturated carbocycles. The molecule has 0 aromatic rings. The molecule has 0 saturated heterocycles. The summed E-state index contributed by atoms with van der Waals surface area (Å²) >= 11 is 0. The summed E-state index contributed by atoms with van der Waals surface area (Å²) in [4.78, 5) is 21.1. The van der Waals surface area contributed by atoms with Gasteiger partial charge in [-0.05, 0) is 0 Å². The molecule has 0 aliphatic heterocycles. The Hall–Kier alpha value is -1.14. The van der Waals surface area contributed by atoms with Crippen molar-refractivity contribution in [3.05, 3.63) is 0 Å². The first-order valence-electron chi connectivity index (χ1n) is 3.99. The second kappa shape index (κ2) is 7.51. The molecule has 0 aromatic carbocycles. The maximum Gasteiger partial charge on any atom is 0.246 e. The van der Waals surface area contributed by atoms with Crippen LogP contribution >= 0.6 is 0 Å². The van der Waals surface area contributed by atoms with Crippen molar-refractivity contribution in [3.63, 3.8) is 0 Å². The van der Waals surface area contributed by atoms with Gasteiger partial charge in [0.1, 0.15) is 6.61 Å². The van der Waals surface area contributed by atoms with E-state index in [1.165, 1.54) is 0 Å². The van der Waals surface area contributed by atoms with Crippen LogP contribution in [0.25, 0.3) is 0 Å². The zero-order valence-corrected chi connectivity index (χ0v) is 7.41. The normalized spacial score (nSPS) is 9.62. The number of nitrogens with two attached hydrogens (primary N) is 2. The van der Waals surface area contributed by atoms with Gasteiger partial charge in [0.25, 0.3) is 0 Å². The van der Waals surface area contributed by atoms with Crippen LogP contribution in [0, 0.1) is 0 Å². The van der Waals surface area contributed by atoms with Gasteiger partial charge in [0, 0.05) is 19.5 Å². The predicted molar refractivity (Wildman–Crippen MR) is 46.7 cm³/mol. The molecule has 6 heteroatoms. The molecule has 0 fully saturated rings. The third-order valence-electron chi connectivity index (χ3n) is 1.19. The number of carbonyl (C=O) groups excluding carboxylic acids is 2. The van der Waals surface area contributed by atoms with Gasteiger partial charge >= 0.3 is 0 Å². The molecule has 0 atom stereocenters. The predicted octanol–water partition coefficient (Wildman–Crippen LogP) is -2.05. The summed E-state index contributed by atoms with van der Waals surface area (Å²) in [5.74, 6) is -0.710. The van der Waals surface area contributed by atoms with Gasteiger partial charge in [-0.1, -0.05) is 0 Å². The van der Waals surface area contributed by atoms with Gasteiger partial charge in [0.05, 0.1) is 6.61 Å². The van der Waals surface area contributed by atoms with Gasteiger partial charge in [-0.25, -0.2) is 0 Å². The van der Waals surface area contributed by atoms with Crippen molar-refractivity contribution in [3.8, 4) is 0 Å². The summed E-state index contributed by atoms with van der Waals surface area (Å²) < 4.78 is 4.85. The molecule has 13 heavy (non-hydrogen) atoms. The highest BCUT2D eigenvalue weighted by molar-refractivity contribution is 5.78. The maximum atomic E-state index is 10.9. The van der Waals surface area contributed by atoms with Crippen molar-refractivity contribution in [1.82, 2.24) is 5.32 Å². The quantitative estimate of drug-likeness (QED) is 0.401. The number of nitrogens with one attached hydrogen (secondary N) is 1. The van der Waals surface area contributed by atoms with E-state index in [4.69, 9.17) is 16.2 Å². The Morgan fingerprint density at radius 2 is 2.08 bits per heavy atom. The van der Waals surface area contributed by atoms with E-state index in [2.05, 4.69) is 5.32 Å². The van der Waals surface area contributed by atoms with Crippen LogP contribution in [0.1, 0.15) is 6.42 Å². The zero-order valence-electron chi connectivity index (χ0n) is 7.41. The SMILES string of the molecule is NCCOCC(=O)NCCC(N)=O. The lowest BCUT2D eigenvalue weighted by molar-refractivity contribution is -0.125. The van der Waals surface area contributed by atoms with Crippen LogP contribution in [0.15, 0.2) is 0 Å². The van der Waals surface area contributed by atoms with Crippen molar-refractivity contribution >= 4 is 11.8 Å². The van der Waals surface area contributed by atoms with Crippen molar-refractivity contribution in [2.75, 3.05) is 26.3 Å². The smallest absolute Gasteiger partial charge is 0.246 e. The van der Waals surface area contributed by atoms with Crippen molar-refractivity contribution in [1.29, 1.82) is 0 Å². The minimum atomic E-state index is -0.442. The fourth-order valence-corrected chi connectivity index (χ4v) is 0.624. The van der Waals surface area contributed by atoms with E-state index in [9.17, 15) is 9.59 Å². The number of amides is 2. The van der Waals surface area contributed by atoms with Crippen LogP contribution in [0.4, 0.5) is 0 Å². The monoisotopic (exact) mass is 189 g/mol. The molecule has 0 rings (SSSR count). The second-order valence-electron chi connectivity index (χ2n) is 2.41. The number of hydrogen-bond acceptors (Lipinski definition) is 4. The van der Waals surface area contributed by atoms with Gasteiger partial charge in [0.2, 0.25) is 11.8 Å². The number of carbonyl (C=O) groups is 2. The van der Waals surface area contributed by atoms with Gasteiger partial charge in [-0.3, -0.25) is 9.59 Å². The lowest BCUT2D eigenvalue weighted by Crippen LogP contribution is -2.31. The van der Waals surface area contributed by atoms with E-state index in [1.54, 1.807) is 0 Å². The standard InChI is InChI=1S/C7H15N3O3/c8-2-4-13-5-7(12)10-3-1-6(9)11/h1-5,8H2,(H2,9,11)(H,10,12). The Morgan fingerprint density at radius 1 is 1.38 bits per heavy atom. The number of rotatable bonds is 7. The minimum Gasteiger partial charge on any atom is -0.370 e. The third kappa shape index (κ3) is 8.77. The highest BCUT2D eigenvalue weighted by atomic mass is 16.5. The third-order valence-corrected chi connectivity index (χ3v) is 1.19. The lowest BCUT2D eigenvalue weighted by atomic mass is 10.4. The lowest BCUT2D eigenvalue weighted by Gasteiger charge is -2.03. The molecular weight excluding hydrogens is 174 g/mol. The van der Waals surface area contributed by atoms with Crippen molar-refractivity contribution in [2.24, 2.45) is 11.5 Å². The molecule has 2 amide bonds. The van der Waals surface area contributed by atoms with E-state index in [1.807, 2.05) is 0 Å². The molecule has 6 nitrogen and oxygen atoms in total. The molecule has 0 aromatic heterocycles. The summed E-state index contributed by atoms with van der Waals surface area (Å²) in [6.07, 6.45) is 0.141. The topological polar surface area (TPSA) is 107 Å². The van der Waals surface area contributed by atoms with Crippen LogP contribution in [0.5, 0.6) is 0 Å². The fraction of sp³-hybridized carbons (Fsp3) is 0.714. The number of ether oxygens (including phenoxy) is 1. The first-order chi connectivity index (χ1) is 6.16. The van der Waals surface area contributed by atoms with E-state index < -0.39 is 5.91 Å². The average Bonchev–Trinajstić information content (AvgIpc) is 2.04. The van der Waals surface area contributed by atoms with E-state index in [-0.39, 0.29) is 25.5 Å². The fourth-order valence-electron chi connectivity index (χ4n) is 0.624. The molecule has 0 unspecified atom stereocenters. The minimum absolute atomic E-state index is 0.0318. The van der Waals surface area contributed by atoms with E-state index in [0.717, 1.165) is 0 Å². The van der Waals surface area contributed by atoms with Gasteiger partial charge in [-0.2, -0.15) is 0 Å². The Morgan fingerprint density at radius 3 is 2.62 bits per heavy atom. The Labute approximate surface area is 76.6 Å². The summed E-state index contributed by atoms with van der Waals surface area (Å²) in [5.41, 5.74) is 10.00. The largest absolute Gasteiger partial charge is 0.370 e. The Kier molecular flexibility index (Phi) is 6.85. The summed E-state index contributed by atoms with van der Waals surface area (Å²) in [7, 11) is 0. The molecule has 0 bridgehead atoms. The Balaban J connectivity index is 3.25. The highest BCUT2D eigenvalue weighted by Gasteiger charge is 2.00. The van der Waals surface area contributed by atoms with Crippen molar-refractivity contribution in [2.45, 2.75) is 6.42 Å². The van der Waals surface area contributed by atoms with Crippen LogP contribution in [0.2, 0.25) is 0 Å². The number of hydrogen-bond donors (Lipinski definition) is 3. The maximum absolute atomic E-state index is 10.9. The van der Waals surface area contributed by atoms with E-state index in [0.29, 0.717) is 13.2 Å². The second-order valence-corrected chi connectivity index (χ2v) is 2.41. The molecule has 0 heterocycles. The average molecular weight is 189 g/mol. The van der Waals surface area contributed by atoms with Crippen LogP contribution in [0.3, 0.4) is 0 Å². The molecule has 0 radical (unpaired) electrons. The Bertz CT molecular complexity index is 172. The molecular formula is C7H15N3O3. The van der Waals surface area contributed by atoms with Crippen LogP contribution in [-0.4, -0.2) is 38.1 Å². The van der Waals surface area contributed by atoms with Crippen LogP contribution in [-0.2, 0) is 14.3 Å². The van der Waals surface area contributed by atoms with Gasteiger partial charge in [0.15, 0.2) is 0 Å². The van der Waals surface area contributed by atoms with Crippen LogP contribution < -0.4 is 16.8 Å². The molecule has 0 aliphatic carbocycles. The van der Waals surface area contributed by atoms with E-state index >= 15 is 0 Å². The highest BCUT2D eigenvalue weighted by Crippen LogP contribution is 1.76. The molecule has 5 N–H and O–H groups in total. The molecule has 0 spiro atoms. The van der Waals surface area contributed by atoms with Gasteiger partial charge < -0.3 is 21.5 Å². The first kappa shape index (κ1) is 11.9. The zero-order chi connectivity index (χ0) is 10.1. The summed E-state index contributed by atoms with van der Waals surface area (Å²) in [6.45, 7) is 0.952. The van der Waals surface area contributed by atoms with Gasteiger partial charge in [-0.15, -0.1) is 0 Å².